The molecular weight excluding hydrogens is 261 g/mol. The van der Waals surface area contributed by atoms with Gasteiger partial charge in [-0.25, -0.2) is 0 Å². The molecule has 0 aliphatic heterocycles. The van der Waals surface area contributed by atoms with Gasteiger partial charge >= 0.3 is 12.1 Å². The smallest absolute Gasteiger partial charge is 0.397 e. The summed E-state index contributed by atoms with van der Waals surface area (Å²) in [5, 5.41) is 8.59. The van der Waals surface area contributed by atoms with Crippen molar-refractivity contribution in [3.8, 4) is 5.75 Å². The Balaban J connectivity index is 1.92. The lowest BCUT2D eigenvalue weighted by Crippen LogP contribution is -2.30. The van der Waals surface area contributed by atoms with Crippen LogP contribution in [0.2, 0.25) is 0 Å². The first-order chi connectivity index (χ1) is 8.82. The van der Waals surface area contributed by atoms with Gasteiger partial charge in [0.05, 0.1) is 6.42 Å². The van der Waals surface area contributed by atoms with E-state index in [1.165, 1.54) is 24.3 Å². The summed E-state index contributed by atoms with van der Waals surface area (Å²) in [5.74, 6) is -0.632. The molecule has 6 heteroatoms. The van der Waals surface area contributed by atoms with E-state index in [0.29, 0.717) is 11.3 Å². The Kier molecular flexibility index (Phi) is 3.43. The molecule has 1 aliphatic rings. The van der Waals surface area contributed by atoms with Crippen LogP contribution in [-0.2, 0) is 11.2 Å². The molecule has 0 radical (unpaired) electrons. The van der Waals surface area contributed by atoms with Crippen molar-refractivity contribution in [2.75, 3.05) is 6.61 Å². The van der Waals surface area contributed by atoms with Gasteiger partial charge in [-0.05, 0) is 30.5 Å². The van der Waals surface area contributed by atoms with Gasteiger partial charge in [0.25, 0.3) is 0 Å². The maximum atomic E-state index is 12.7. The topological polar surface area (TPSA) is 46.5 Å². The molecule has 2 rings (SSSR count). The number of hydrogen-bond acceptors (Lipinski definition) is 2. The van der Waals surface area contributed by atoms with E-state index in [-0.39, 0.29) is 25.9 Å². The van der Waals surface area contributed by atoms with Crippen LogP contribution in [0.15, 0.2) is 24.3 Å². The Morgan fingerprint density at radius 1 is 1.26 bits per heavy atom. The largest absolute Gasteiger partial charge is 0.493 e. The number of benzene rings is 1. The Hall–Kier alpha value is -1.72. The summed E-state index contributed by atoms with van der Waals surface area (Å²) >= 11 is 0. The van der Waals surface area contributed by atoms with Gasteiger partial charge in [0.2, 0.25) is 0 Å². The van der Waals surface area contributed by atoms with Crippen LogP contribution in [0.4, 0.5) is 13.2 Å². The minimum absolute atomic E-state index is 0.105. The summed E-state index contributed by atoms with van der Waals surface area (Å²) in [7, 11) is 0. The molecule has 1 aromatic carbocycles. The van der Waals surface area contributed by atoms with E-state index in [1.807, 2.05) is 0 Å². The second-order valence-electron chi connectivity index (χ2n) is 4.78. The molecule has 104 valence electrons. The molecule has 0 bridgehead atoms. The number of ether oxygens (including phenoxy) is 1. The van der Waals surface area contributed by atoms with Gasteiger partial charge in [-0.2, -0.15) is 13.2 Å². The molecule has 0 aromatic heterocycles. The zero-order valence-electron chi connectivity index (χ0n) is 10.0. The second-order valence-corrected chi connectivity index (χ2v) is 4.78. The van der Waals surface area contributed by atoms with E-state index in [9.17, 15) is 18.0 Å². The van der Waals surface area contributed by atoms with Crippen LogP contribution >= 0.6 is 0 Å². The Labute approximate surface area is 108 Å². The van der Waals surface area contributed by atoms with E-state index < -0.39 is 17.6 Å². The first-order valence-electron chi connectivity index (χ1n) is 5.83. The highest BCUT2D eigenvalue weighted by molar-refractivity contribution is 5.70. The number of alkyl halides is 3. The van der Waals surface area contributed by atoms with Crippen molar-refractivity contribution in [3.63, 3.8) is 0 Å². The van der Waals surface area contributed by atoms with Crippen LogP contribution in [0.25, 0.3) is 0 Å². The third-order valence-electron chi connectivity index (χ3n) is 3.25. The number of carboxylic acids is 1. The zero-order valence-corrected chi connectivity index (χ0v) is 10.0. The van der Waals surface area contributed by atoms with Gasteiger partial charge in [0, 0.05) is 0 Å². The van der Waals surface area contributed by atoms with Crippen LogP contribution < -0.4 is 4.74 Å². The molecule has 1 fully saturated rings. The summed E-state index contributed by atoms with van der Waals surface area (Å²) in [5.41, 5.74) is -1.11. The summed E-state index contributed by atoms with van der Waals surface area (Å²) in [6, 6.07) is 6.06. The predicted molar refractivity (Wildman–Crippen MR) is 61.0 cm³/mol. The number of halogens is 3. The molecule has 1 saturated carbocycles. The van der Waals surface area contributed by atoms with Crippen LogP contribution in [-0.4, -0.2) is 23.9 Å². The lowest BCUT2D eigenvalue weighted by atomic mass is 10.1. The minimum Gasteiger partial charge on any atom is -0.493 e. The van der Waals surface area contributed by atoms with Crippen molar-refractivity contribution in [1.82, 2.24) is 0 Å². The molecule has 0 atom stereocenters. The predicted octanol–water partition coefficient (Wildman–Crippen LogP) is 3.04. The van der Waals surface area contributed by atoms with Gasteiger partial charge < -0.3 is 9.84 Å². The van der Waals surface area contributed by atoms with Crippen molar-refractivity contribution < 1.29 is 27.8 Å². The standard InChI is InChI=1S/C13H13F3O3/c14-13(15,16)12(5-6-12)8-19-10-3-1-9(2-4-10)7-11(17)18/h1-4H,5-8H2,(H,17,18). The maximum Gasteiger partial charge on any atom is 0.397 e. The fourth-order valence-corrected chi connectivity index (χ4v) is 1.76. The molecule has 0 spiro atoms. The average Bonchev–Trinajstić information content (AvgIpc) is 3.08. The maximum absolute atomic E-state index is 12.7. The highest BCUT2D eigenvalue weighted by Crippen LogP contribution is 2.57. The van der Waals surface area contributed by atoms with Crippen molar-refractivity contribution in [1.29, 1.82) is 0 Å². The van der Waals surface area contributed by atoms with Crippen molar-refractivity contribution in [3.05, 3.63) is 29.8 Å². The molecule has 19 heavy (non-hydrogen) atoms. The number of carboxylic acid groups (broad SMARTS) is 1. The molecule has 0 heterocycles. The van der Waals surface area contributed by atoms with Gasteiger partial charge in [0.1, 0.15) is 17.8 Å². The van der Waals surface area contributed by atoms with Crippen LogP contribution in [0.5, 0.6) is 5.75 Å². The van der Waals surface area contributed by atoms with E-state index >= 15 is 0 Å². The van der Waals surface area contributed by atoms with Gasteiger partial charge in [-0.15, -0.1) is 0 Å². The fraction of sp³-hybridized carbons (Fsp3) is 0.462. The Bertz CT molecular complexity index is 461. The lowest BCUT2D eigenvalue weighted by molar-refractivity contribution is -0.194. The van der Waals surface area contributed by atoms with Crippen molar-refractivity contribution in [2.45, 2.75) is 25.4 Å². The molecular formula is C13H13F3O3. The van der Waals surface area contributed by atoms with E-state index in [0.717, 1.165) is 0 Å². The van der Waals surface area contributed by atoms with Gasteiger partial charge in [-0.1, -0.05) is 12.1 Å². The Morgan fingerprint density at radius 2 is 1.84 bits per heavy atom. The fourth-order valence-electron chi connectivity index (χ4n) is 1.76. The molecule has 0 saturated heterocycles. The number of aliphatic carboxylic acids is 1. The first kappa shape index (κ1) is 13.7. The zero-order chi connectivity index (χ0) is 14.1. The summed E-state index contributed by atoms with van der Waals surface area (Å²) in [6.07, 6.45) is -4.13. The third-order valence-corrected chi connectivity index (χ3v) is 3.25. The van der Waals surface area contributed by atoms with Crippen LogP contribution in [0.3, 0.4) is 0 Å². The Morgan fingerprint density at radius 3 is 2.26 bits per heavy atom. The van der Waals surface area contributed by atoms with E-state index in [2.05, 4.69) is 0 Å². The SMILES string of the molecule is O=C(O)Cc1ccc(OCC2(C(F)(F)F)CC2)cc1. The summed E-state index contributed by atoms with van der Waals surface area (Å²) in [4.78, 5) is 10.5. The minimum atomic E-state index is -4.23. The van der Waals surface area contributed by atoms with Crippen LogP contribution in [0, 0.1) is 5.41 Å². The van der Waals surface area contributed by atoms with Gasteiger partial charge in [-0.3, -0.25) is 4.79 Å². The third kappa shape index (κ3) is 3.19. The van der Waals surface area contributed by atoms with E-state index in [4.69, 9.17) is 9.84 Å². The first-order valence-corrected chi connectivity index (χ1v) is 5.83. The second kappa shape index (κ2) is 4.75. The molecule has 1 N–H and O–H groups in total. The molecule has 1 aromatic rings. The molecule has 3 nitrogen and oxygen atoms in total. The number of rotatable bonds is 5. The molecule has 0 amide bonds. The highest BCUT2D eigenvalue weighted by Gasteiger charge is 2.63. The average molecular weight is 274 g/mol. The van der Waals surface area contributed by atoms with E-state index in [1.54, 1.807) is 0 Å². The normalized spacial score (nSPS) is 17.0. The van der Waals surface area contributed by atoms with Crippen LogP contribution in [0.1, 0.15) is 18.4 Å². The van der Waals surface area contributed by atoms with Gasteiger partial charge in [0.15, 0.2) is 0 Å². The summed E-state index contributed by atoms with van der Waals surface area (Å²) in [6.45, 7) is -0.380. The highest BCUT2D eigenvalue weighted by atomic mass is 19.4. The summed E-state index contributed by atoms with van der Waals surface area (Å²) < 4.78 is 43.1. The monoisotopic (exact) mass is 274 g/mol. The molecule has 0 unspecified atom stereocenters. The molecule has 1 aliphatic carbocycles. The number of carbonyl (C=O) groups is 1. The quantitative estimate of drug-likeness (QED) is 0.897. The van der Waals surface area contributed by atoms with Crippen molar-refractivity contribution in [2.24, 2.45) is 5.41 Å². The van der Waals surface area contributed by atoms with Crippen molar-refractivity contribution >= 4 is 5.97 Å². The lowest BCUT2D eigenvalue weighted by Gasteiger charge is -2.19. The number of hydrogen-bond donors (Lipinski definition) is 1.